The smallest absolute Gasteiger partial charge is 0.104 e. The van der Waals surface area contributed by atoms with Gasteiger partial charge in [-0.3, -0.25) is 4.98 Å². The minimum atomic E-state index is -0.440. The van der Waals surface area contributed by atoms with Crippen molar-refractivity contribution in [3.05, 3.63) is 93.7 Å². The van der Waals surface area contributed by atoms with Crippen molar-refractivity contribution < 1.29 is 0 Å². The highest BCUT2D eigenvalue weighted by molar-refractivity contribution is 7.15. The van der Waals surface area contributed by atoms with Crippen LogP contribution in [0.3, 0.4) is 0 Å². The van der Waals surface area contributed by atoms with Crippen LogP contribution in [0.2, 0.25) is 10.0 Å². The molecule has 4 aromatic rings. The number of rotatable bonds is 4. The molecule has 0 unspecified atom stereocenters. The van der Waals surface area contributed by atoms with E-state index in [1.54, 1.807) is 17.5 Å². The van der Waals surface area contributed by atoms with Crippen molar-refractivity contribution in [2.75, 3.05) is 0 Å². The molecule has 0 bridgehead atoms. The van der Waals surface area contributed by atoms with Gasteiger partial charge in [0.1, 0.15) is 5.01 Å². The summed E-state index contributed by atoms with van der Waals surface area (Å²) in [4.78, 5) is 10.4. The van der Waals surface area contributed by atoms with Gasteiger partial charge >= 0.3 is 0 Å². The fourth-order valence-corrected chi connectivity index (χ4v) is 5.33. The van der Waals surface area contributed by atoms with Gasteiger partial charge in [-0.25, -0.2) is 4.98 Å². The summed E-state index contributed by atoms with van der Waals surface area (Å²) >= 11 is 14.7. The second kappa shape index (κ2) is 7.67. The second-order valence-electron chi connectivity index (χ2n) is 7.03. The van der Waals surface area contributed by atoms with E-state index >= 15 is 0 Å². The van der Waals surface area contributed by atoms with Crippen molar-refractivity contribution in [3.63, 3.8) is 0 Å². The molecule has 28 heavy (non-hydrogen) atoms. The molecule has 2 aromatic heterocycles. The molecule has 4 rings (SSSR count). The maximum Gasteiger partial charge on any atom is 0.104 e. The molecule has 0 aliphatic heterocycles. The van der Waals surface area contributed by atoms with Gasteiger partial charge < -0.3 is 0 Å². The van der Waals surface area contributed by atoms with Crippen LogP contribution in [-0.4, -0.2) is 9.97 Å². The van der Waals surface area contributed by atoms with Crippen molar-refractivity contribution in [2.45, 2.75) is 19.3 Å². The fraction of sp³-hybridized carbons (Fsp3) is 0.130. The highest BCUT2D eigenvalue weighted by atomic mass is 35.5. The Kier molecular flexibility index (Phi) is 5.24. The van der Waals surface area contributed by atoms with E-state index < -0.39 is 5.41 Å². The average molecular weight is 425 g/mol. The Balaban J connectivity index is 1.93. The SMILES string of the molecule is CC(C)(c1nc(-c2ccccc2)c(-c2cccnc2)s1)c1c(Cl)cccc1Cl. The van der Waals surface area contributed by atoms with Gasteiger partial charge in [-0.15, -0.1) is 11.3 Å². The number of hydrogen-bond acceptors (Lipinski definition) is 3. The standard InChI is InChI=1S/C23H18Cl2N2S/c1-23(2,19-17(24)11-6-12-18(19)25)22-27-20(15-8-4-3-5-9-15)21(28-22)16-10-7-13-26-14-16/h3-14H,1-2H3. The minimum Gasteiger partial charge on any atom is -0.264 e. The molecule has 0 spiro atoms. The van der Waals surface area contributed by atoms with Gasteiger partial charge in [-0.1, -0.05) is 65.7 Å². The molecular weight excluding hydrogens is 407 g/mol. The van der Waals surface area contributed by atoms with Crippen LogP contribution in [0.25, 0.3) is 21.7 Å². The Morgan fingerprint density at radius 2 is 1.50 bits per heavy atom. The van der Waals surface area contributed by atoms with E-state index in [9.17, 15) is 0 Å². The summed E-state index contributed by atoms with van der Waals surface area (Å²) in [5.74, 6) is 0. The second-order valence-corrected chi connectivity index (χ2v) is 8.84. The molecule has 0 aliphatic rings. The third kappa shape index (κ3) is 3.46. The Bertz CT molecular complexity index is 1030. The summed E-state index contributed by atoms with van der Waals surface area (Å²) in [5.41, 5.74) is 3.52. The van der Waals surface area contributed by atoms with Gasteiger partial charge in [0.05, 0.1) is 10.6 Å². The van der Waals surface area contributed by atoms with Crippen molar-refractivity contribution in [1.82, 2.24) is 9.97 Å². The summed E-state index contributed by atoms with van der Waals surface area (Å²) in [6.45, 7) is 4.22. The zero-order valence-corrected chi connectivity index (χ0v) is 17.8. The summed E-state index contributed by atoms with van der Waals surface area (Å²) < 4.78 is 0. The molecule has 0 amide bonds. The molecule has 2 nitrogen and oxygen atoms in total. The number of nitrogens with zero attached hydrogens (tertiary/aromatic N) is 2. The monoisotopic (exact) mass is 424 g/mol. The van der Waals surface area contributed by atoms with E-state index in [1.807, 2.05) is 48.7 Å². The van der Waals surface area contributed by atoms with Gasteiger partial charge in [0.15, 0.2) is 0 Å². The molecule has 0 aliphatic carbocycles. The van der Waals surface area contributed by atoms with Gasteiger partial charge in [-0.2, -0.15) is 0 Å². The zero-order valence-electron chi connectivity index (χ0n) is 15.5. The van der Waals surface area contributed by atoms with Crippen LogP contribution in [-0.2, 0) is 5.41 Å². The predicted octanol–water partition coefficient (Wildman–Crippen LogP) is 7.50. The topological polar surface area (TPSA) is 25.8 Å². The van der Waals surface area contributed by atoms with Gasteiger partial charge in [-0.05, 0) is 32.0 Å². The first-order valence-corrected chi connectivity index (χ1v) is 10.5. The summed E-state index contributed by atoms with van der Waals surface area (Å²) in [7, 11) is 0. The third-order valence-electron chi connectivity index (χ3n) is 4.72. The van der Waals surface area contributed by atoms with Crippen LogP contribution in [0.5, 0.6) is 0 Å². The largest absolute Gasteiger partial charge is 0.264 e. The normalized spacial score (nSPS) is 11.6. The van der Waals surface area contributed by atoms with Gasteiger partial charge in [0.2, 0.25) is 0 Å². The van der Waals surface area contributed by atoms with E-state index in [0.29, 0.717) is 10.0 Å². The average Bonchev–Trinajstić information content (AvgIpc) is 3.15. The number of thiazole rings is 1. The van der Waals surface area contributed by atoms with Crippen LogP contribution in [0.15, 0.2) is 73.1 Å². The maximum atomic E-state index is 6.53. The number of benzene rings is 2. The van der Waals surface area contributed by atoms with Gasteiger partial charge in [0.25, 0.3) is 0 Å². The first-order chi connectivity index (χ1) is 13.5. The van der Waals surface area contributed by atoms with Crippen LogP contribution >= 0.6 is 34.5 Å². The van der Waals surface area contributed by atoms with Gasteiger partial charge in [0, 0.05) is 44.5 Å². The lowest BCUT2D eigenvalue weighted by Gasteiger charge is -2.25. The summed E-state index contributed by atoms with van der Waals surface area (Å²) in [6, 6.07) is 19.8. The molecule has 5 heteroatoms. The lowest BCUT2D eigenvalue weighted by molar-refractivity contribution is 0.636. The first kappa shape index (κ1) is 19.1. The predicted molar refractivity (Wildman–Crippen MR) is 119 cm³/mol. The number of hydrogen-bond donors (Lipinski definition) is 0. The Morgan fingerprint density at radius 3 is 2.14 bits per heavy atom. The van der Waals surface area contributed by atoms with Crippen LogP contribution < -0.4 is 0 Å². The van der Waals surface area contributed by atoms with Crippen LogP contribution in [0, 0.1) is 0 Å². The summed E-state index contributed by atoms with van der Waals surface area (Å²) in [5, 5.41) is 2.26. The third-order valence-corrected chi connectivity index (χ3v) is 6.78. The Morgan fingerprint density at radius 1 is 0.821 bits per heavy atom. The molecule has 0 saturated heterocycles. The number of aromatic nitrogens is 2. The Hall–Kier alpha value is -2.20. The van der Waals surface area contributed by atoms with E-state index in [4.69, 9.17) is 28.2 Å². The fourth-order valence-electron chi connectivity index (χ4n) is 3.27. The lowest BCUT2D eigenvalue weighted by Crippen LogP contribution is -2.20. The molecular formula is C23H18Cl2N2S. The van der Waals surface area contributed by atoms with E-state index in [2.05, 4.69) is 37.0 Å². The highest BCUT2D eigenvalue weighted by Crippen LogP contribution is 2.46. The molecule has 140 valence electrons. The molecule has 0 fully saturated rings. The molecule has 0 radical (unpaired) electrons. The molecule has 2 heterocycles. The minimum absolute atomic E-state index is 0.440. The number of halogens is 2. The van der Waals surface area contributed by atoms with E-state index in [1.165, 1.54) is 0 Å². The molecule has 0 N–H and O–H groups in total. The highest BCUT2D eigenvalue weighted by Gasteiger charge is 2.32. The van der Waals surface area contributed by atoms with Crippen molar-refractivity contribution >= 4 is 34.5 Å². The van der Waals surface area contributed by atoms with Crippen molar-refractivity contribution in [3.8, 4) is 21.7 Å². The first-order valence-electron chi connectivity index (χ1n) is 8.90. The van der Waals surface area contributed by atoms with Crippen LogP contribution in [0.1, 0.15) is 24.4 Å². The lowest BCUT2D eigenvalue weighted by atomic mass is 9.85. The maximum absolute atomic E-state index is 6.53. The van der Waals surface area contributed by atoms with E-state index in [0.717, 1.165) is 32.3 Å². The van der Waals surface area contributed by atoms with Crippen molar-refractivity contribution in [2.24, 2.45) is 0 Å². The molecule has 0 saturated carbocycles. The molecule has 2 aromatic carbocycles. The van der Waals surface area contributed by atoms with E-state index in [-0.39, 0.29) is 0 Å². The zero-order chi connectivity index (χ0) is 19.7. The number of pyridine rings is 1. The Labute approximate surface area is 178 Å². The van der Waals surface area contributed by atoms with Crippen LogP contribution in [0.4, 0.5) is 0 Å². The summed E-state index contributed by atoms with van der Waals surface area (Å²) in [6.07, 6.45) is 3.65. The molecule has 0 atom stereocenters. The quantitative estimate of drug-likeness (QED) is 0.338. The van der Waals surface area contributed by atoms with Crippen molar-refractivity contribution in [1.29, 1.82) is 0 Å².